The van der Waals surface area contributed by atoms with Crippen molar-refractivity contribution in [3.8, 4) is 0 Å². The van der Waals surface area contributed by atoms with Gasteiger partial charge in [-0.2, -0.15) is 0 Å². The molecule has 0 bridgehead atoms. The SMILES string of the molecule is CCOC(=O)C1C(CN2CCC(C)CC2)=NC(=O)NC1c1ccc(F)cc1. The van der Waals surface area contributed by atoms with Crippen LogP contribution >= 0.6 is 0 Å². The van der Waals surface area contributed by atoms with Crippen LogP contribution in [0.4, 0.5) is 9.18 Å². The van der Waals surface area contributed by atoms with Crippen LogP contribution in [-0.2, 0) is 9.53 Å². The van der Waals surface area contributed by atoms with E-state index in [1.165, 1.54) is 12.1 Å². The third kappa shape index (κ3) is 4.71. The highest BCUT2D eigenvalue weighted by Crippen LogP contribution is 2.29. The number of rotatable bonds is 5. The van der Waals surface area contributed by atoms with Crippen LogP contribution in [0.1, 0.15) is 38.3 Å². The number of halogens is 1. The predicted octanol–water partition coefficient (Wildman–Crippen LogP) is 2.94. The van der Waals surface area contributed by atoms with Crippen molar-refractivity contribution < 1.29 is 18.7 Å². The molecule has 146 valence electrons. The molecule has 1 fully saturated rings. The van der Waals surface area contributed by atoms with Crippen LogP contribution < -0.4 is 5.32 Å². The summed E-state index contributed by atoms with van der Waals surface area (Å²) in [5.41, 5.74) is 1.17. The molecule has 2 aliphatic heterocycles. The van der Waals surface area contributed by atoms with E-state index in [4.69, 9.17) is 4.74 Å². The monoisotopic (exact) mass is 375 g/mol. The molecular weight excluding hydrogens is 349 g/mol. The lowest BCUT2D eigenvalue weighted by Gasteiger charge is -2.35. The second kappa shape index (κ2) is 8.61. The molecule has 1 N–H and O–H groups in total. The van der Waals surface area contributed by atoms with Gasteiger partial charge in [-0.15, -0.1) is 0 Å². The number of hydrogen-bond donors (Lipinski definition) is 1. The number of carbonyl (C=O) groups is 2. The topological polar surface area (TPSA) is 71.0 Å². The van der Waals surface area contributed by atoms with Gasteiger partial charge in [0.15, 0.2) is 0 Å². The maximum atomic E-state index is 13.3. The number of urea groups is 1. The Morgan fingerprint density at radius 2 is 1.96 bits per heavy atom. The highest BCUT2D eigenvalue weighted by molar-refractivity contribution is 6.10. The van der Waals surface area contributed by atoms with Crippen molar-refractivity contribution in [1.29, 1.82) is 0 Å². The van der Waals surface area contributed by atoms with Gasteiger partial charge in [-0.05, 0) is 56.5 Å². The number of piperidine rings is 1. The molecule has 0 radical (unpaired) electrons. The third-order valence-electron chi connectivity index (χ3n) is 5.25. The first kappa shape index (κ1) is 19.5. The van der Waals surface area contributed by atoms with Gasteiger partial charge in [0.2, 0.25) is 0 Å². The minimum absolute atomic E-state index is 0.244. The second-order valence-electron chi connectivity index (χ2n) is 7.27. The maximum absolute atomic E-state index is 13.3. The minimum atomic E-state index is -0.715. The molecule has 3 rings (SSSR count). The van der Waals surface area contributed by atoms with Crippen molar-refractivity contribution in [3.63, 3.8) is 0 Å². The Morgan fingerprint density at radius 1 is 1.30 bits per heavy atom. The molecule has 0 saturated carbocycles. The Bertz CT molecular complexity index is 712. The van der Waals surface area contributed by atoms with E-state index in [0.717, 1.165) is 25.9 Å². The summed E-state index contributed by atoms with van der Waals surface area (Å²) in [6.45, 7) is 6.51. The first-order chi connectivity index (χ1) is 13.0. The number of amides is 2. The molecule has 2 amide bonds. The van der Waals surface area contributed by atoms with Crippen LogP contribution in [0, 0.1) is 17.7 Å². The first-order valence-electron chi connectivity index (χ1n) is 9.50. The Morgan fingerprint density at radius 3 is 2.59 bits per heavy atom. The summed E-state index contributed by atoms with van der Waals surface area (Å²) in [6, 6.07) is 4.71. The number of esters is 1. The largest absolute Gasteiger partial charge is 0.465 e. The average Bonchev–Trinajstić information content (AvgIpc) is 2.64. The molecule has 27 heavy (non-hydrogen) atoms. The summed E-state index contributed by atoms with van der Waals surface area (Å²) in [5, 5.41) is 2.75. The molecule has 0 aromatic heterocycles. The zero-order chi connectivity index (χ0) is 19.4. The summed E-state index contributed by atoms with van der Waals surface area (Å²) >= 11 is 0. The van der Waals surface area contributed by atoms with E-state index in [1.807, 2.05) is 0 Å². The van der Waals surface area contributed by atoms with Crippen molar-refractivity contribution in [3.05, 3.63) is 35.6 Å². The van der Waals surface area contributed by atoms with Gasteiger partial charge >= 0.3 is 12.0 Å². The molecule has 1 aromatic carbocycles. The van der Waals surface area contributed by atoms with Crippen molar-refractivity contribution >= 4 is 17.7 Å². The average molecular weight is 375 g/mol. The van der Waals surface area contributed by atoms with Gasteiger partial charge in [-0.1, -0.05) is 19.1 Å². The number of aliphatic imine (C=N–C) groups is 1. The Kier molecular flexibility index (Phi) is 6.21. The maximum Gasteiger partial charge on any atom is 0.341 e. The highest BCUT2D eigenvalue weighted by Gasteiger charge is 2.40. The van der Waals surface area contributed by atoms with E-state index in [1.54, 1.807) is 19.1 Å². The van der Waals surface area contributed by atoms with Gasteiger partial charge in [0.05, 0.1) is 18.4 Å². The Balaban J connectivity index is 1.87. The summed E-state index contributed by atoms with van der Waals surface area (Å²) in [7, 11) is 0. The number of likely N-dealkylation sites (tertiary alicyclic amines) is 1. The summed E-state index contributed by atoms with van der Waals surface area (Å²) in [5.74, 6) is -0.820. The van der Waals surface area contributed by atoms with Crippen LogP contribution in [0.25, 0.3) is 0 Å². The molecule has 2 unspecified atom stereocenters. The van der Waals surface area contributed by atoms with Crippen LogP contribution in [0.15, 0.2) is 29.3 Å². The van der Waals surface area contributed by atoms with E-state index in [-0.39, 0.29) is 12.4 Å². The number of benzene rings is 1. The van der Waals surface area contributed by atoms with Crippen molar-refractivity contribution in [1.82, 2.24) is 10.2 Å². The lowest BCUT2D eigenvalue weighted by molar-refractivity contribution is -0.146. The molecule has 0 aliphatic carbocycles. The Labute approximate surface area is 158 Å². The summed E-state index contributed by atoms with van der Waals surface area (Å²) in [4.78, 5) is 31.3. The molecule has 2 atom stereocenters. The highest BCUT2D eigenvalue weighted by atomic mass is 19.1. The number of nitrogens with zero attached hydrogens (tertiary/aromatic N) is 2. The predicted molar refractivity (Wildman–Crippen MR) is 100 cm³/mol. The van der Waals surface area contributed by atoms with E-state index in [9.17, 15) is 14.0 Å². The Hall–Kier alpha value is -2.28. The van der Waals surface area contributed by atoms with Gasteiger partial charge < -0.3 is 10.1 Å². The molecule has 0 spiro atoms. The fourth-order valence-corrected chi connectivity index (χ4v) is 3.67. The van der Waals surface area contributed by atoms with Gasteiger partial charge in [0.25, 0.3) is 0 Å². The van der Waals surface area contributed by atoms with Crippen LogP contribution in [0.2, 0.25) is 0 Å². The van der Waals surface area contributed by atoms with Crippen molar-refractivity contribution in [2.45, 2.75) is 32.7 Å². The summed E-state index contributed by atoms with van der Waals surface area (Å²) < 4.78 is 18.6. The van der Waals surface area contributed by atoms with Gasteiger partial charge in [0, 0.05) is 6.54 Å². The summed E-state index contributed by atoms with van der Waals surface area (Å²) in [6.07, 6.45) is 2.18. The molecule has 2 heterocycles. The van der Waals surface area contributed by atoms with E-state index < -0.39 is 24.0 Å². The number of nitrogens with one attached hydrogen (secondary N) is 1. The van der Waals surface area contributed by atoms with Crippen LogP contribution in [-0.4, -0.2) is 48.9 Å². The molecule has 1 saturated heterocycles. The van der Waals surface area contributed by atoms with Crippen LogP contribution in [0.3, 0.4) is 0 Å². The zero-order valence-electron chi connectivity index (χ0n) is 15.8. The first-order valence-corrected chi connectivity index (χ1v) is 9.50. The van der Waals surface area contributed by atoms with Crippen molar-refractivity contribution in [2.24, 2.45) is 16.8 Å². The molecule has 6 nitrogen and oxygen atoms in total. The third-order valence-corrected chi connectivity index (χ3v) is 5.25. The van der Waals surface area contributed by atoms with E-state index in [0.29, 0.717) is 23.7 Å². The number of ether oxygens (including phenoxy) is 1. The molecular formula is C20H26FN3O3. The van der Waals surface area contributed by atoms with Gasteiger partial charge in [-0.3, -0.25) is 9.69 Å². The lowest BCUT2D eigenvalue weighted by atomic mass is 9.87. The minimum Gasteiger partial charge on any atom is -0.465 e. The fourth-order valence-electron chi connectivity index (χ4n) is 3.67. The van der Waals surface area contributed by atoms with Crippen molar-refractivity contribution in [2.75, 3.05) is 26.2 Å². The number of hydrogen-bond acceptors (Lipinski definition) is 4. The smallest absolute Gasteiger partial charge is 0.341 e. The normalized spacial score (nSPS) is 24.3. The fraction of sp³-hybridized carbons (Fsp3) is 0.550. The molecule has 1 aromatic rings. The van der Waals surface area contributed by atoms with E-state index in [2.05, 4.69) is 22.1 Å². The standard InChI is InChI=1S/C20H26FN3O3/c1-3-27-19(25)17-16(12-24-10-8-13(2)9-11-24)22-20(26)23-18(17)14-4-6-15(21)7-5-14/h4-7,13,17-18H,3,8-12H2,1-2H3,(H,23,26). The van der Waals surface area contributed by atoms with Crippen LogP contribution in [0.5, 0.6) is 0 Å². The van der Waals surface area contributed by atoms with Gasteiger partial charge in [-0.25, -0.2) is 14.2 Å². The lowest BCUT2D eigenvalue weighted by Crippen LogP contribution is -2.49. The quantitative estimate of drug-likeness (QED) is 0.804. The van der Waals surface area contributed by atoms with Gasteiger partial charge in [0.1, 0.15) is 11.7 Å². The van der Waals surface area contributed by atoms with E-state index >= 15 is 0 Å². The number of carbonyl (C=O) groups excluding carboxylic acids is 2. The molecule has 2 aliphatic rings. The molecule has 7 heteroatoms. The zero-order valence-corrected chi connectivity index (χ0v) is 15.8. The second-order valence-corrected chi connectivity index (χ2v) is 7.27.